The molecule has 1 atom stereocenters. The third kappa shape index (κ3) is 4.98. The highest BCUT2D eigenvalue weighted by Crippen LogP contribution is 2.27. The summed E-state index contributed by atoms with van der Waals surface area (Å²) in [5, 5.41) is 9.40. The maximum absolute atomic E-state index is 13.2. The fourth-order valence-corrected chi connectivity index (χ4v) is 6.14. The molecule has 0 saturated carbocycles. The van der Waals surface area contributed by atoms with Gasteiger partial charge >= 0.3 is 0 Å². The zero-order valence-corrected chi connectivity index (χ0v) is 20.8. The Kier molecular flexibility index (Phi) is 7.01. The molecule has 0 spiro atoms. The molecule has 4 aromatic rings. The van der Waals surface area contributed by atoms with Gasteiger partial charge in [0.15, 0.2) is 0 Å². The highest BCUT2D eigenvalue weighted by molar-refractivity contribution is 7.89. The number of sulfonamides is 1. The molecular formula is C24H26N4O4S2. The van der Waals surface area contributed by atoms with Crippen molar-refractivity contribution >= 4 is 27.3 Å². The fourth-order valence-electron chi connectivity index (χ4n) is 3.83. The summed E-state index contributed by atoms with van der Waals surface area (Å²) < 4.78 is 34.4. The van der Waals surface area contributed by atoms with E-state index in [2.05, 4.69) is 10.4 Å². The Hall–Kier alpha value is -3.21. The minimum absolute atomic E-state index is 0.0967. The number of carbonyl (C=O) groups is 1. The van der Waals surface area contributed by atoms with Crippen LogP contribution in [0.1, 0.15) is 33.6 Å². The summed E-state index contributed by atoms with van der Waals surface area (Å²) in [4.78, 5) is 14.1. The molecule has 0 radical (unpaired) electrons. The van der Waals surface area contributed by atoms with Crippen LogP contribution in [0.4, 0.5) is 0 Å². The van der Waals surface area contributed by atoms with Crippen molar-refractivity contribution in [3.63, 3.8) is 0 Å². The van der Waals surface area contributed by atoms with Gasteiger partial charge in [0.05, 0.1) is 30.2 Å². The van der Waals surface area contributed by atoms with Gasteiger partial charge in [-0.2, -0.15) is 9.40 Å². The van der Waals surface area contributed by atoms with Gasteiger partial charge in [0.2, 0.25) is 15.9 Å². The Labute approximate surface area is 202 Å². The van der Waals surface area contributed by atoms with Crippen LogP contribution >= 0.6 is 11.3 Å². The summed E-state index contributed by atoms with van der Waals surface area (Å²) in [5.41, 5.74) is 1.72. The third-order valence-electron chi connectivity index (χ3n) is 5.50. The number of amides is 1. The first-order chi connectivity index (χ1) is 16.3. The number of carbonyl (C=O) groups excluding carboxylic acids is 1. The minimum atomic E-state index is -3.83. The molecule has 0 fully saturated rings. The van der Waals surface area contributed by atoms with Crippen LogP contribution < -0.4 is 5.32 Å². The first kappa shape index (κ1) is 23.9. The fraction of sp³-hybridized carbons (Fsp3) is 0.250. The van der Waals surface area contributed by atoms with Gasteiger partial charge in [0.1, 0.15) is 17.2 Å². The van der Waals surface area contributed by atoms with E-state index in [1.165, 1.54) is 22.3 Å². The molecule has 178 valence electrons. The normalized spacial score (nSPS) is 12.7. The van der Waals surface area contributed by atoms with Crippen LogP contribution in [0.2, 0.25) is 0 Å². The standard InChI is InChI=1S/C24H26N4O4S2/c1-17-24(34(30,31)27(3)15-20-11-7-13-32-20)18(2)28(26-17)16-22(29)25-23(21-12-8-14-33-21)19-9-5-4-6-10-19/h4-14,23H,15-16H2,1-3H3,(H,25,29)/t23-/m0/s1. The van der Waals surface area contributed by atoms with Crippen LogP contribution in [0.25, 0.3) is 0 Å². The molecule has 0 saturated heterocycles. The second-order valence-corrected chi connectivity index (χ2v) is 10.9. The molecule has 0 bridgehead atoms. The smallest absolute Gasteiger partial charge is 0.246 e. The van der Waals surface area contributed by atoms with Crippen LogP contribution in [0, 0.1) is 13.8 Å². The predicted octanol–water partition coefficient (Wildman–Crippen LogP) is 3.88. The van der Waals surface area contributed by atoms with E-state index in [0.717, 1.165) is 10.4 Å². The zero-order valence-electron chi connectivity index (χ0n) is 19.1. The van der Waals surface area contributed by atoms with Crippen LogP contribution in [0.3, 0.4) is 0 Å². The van der Waals surface area contributed by atoms with Crippen LogP contribution in [0.15, 0.2) is 75.6 Å². The predicted molar refractivity (Wildman–Crippen MR) is 130 cm³/mol. The number of hydrogen-bond acceptors (Lipinski definition) is 6. The molecule has 0 aliphatic heterocycles. The molecule has 10 heteroatoms. The molecule has 0 unspecified atom stereocenters. The summed E-state index contributed by atoms with van der Waals surface area (Å²) >= 11 is 1.56. The lowest BCUT2D eigenvalue weighted by molar-refractivity contribution is -0.122. The molecule has 34 heavy (non-hydrogen) atoms. The first-order valence-electron chi connectivity index (χ1n) is 10.7. The molecule has 8 nitrogen and oxygen atoms in total. The maximum Gasteiger partial charge on any atom is 0.246 e. The van der Waals surface area contributed by atoms with Crippen molar-refractivity contribution in [2.75, 3.05) is 7.05 Å². The van der Waals surface area contributed by atoms with Crippen molar-refractivity contribution in [2.45, 2.75) is 37.9 Å². The van der Waals surface area contributed by atoms with Gasteiger partial charge < -0.3 is 9.73 Å². The van der Waals surface area contributed by atoms with Crippen molar-refractivity contribution in [1.29, 1.82) is 0 Å². The van der Waals surface area contributed by atoms with E-state index in [9.17, 15) is 13.2 Å². The van der Waals surface area contributed by atoms with E-state index >= 15 is 0 Å². The molecule has 0 aliphatic carbocycles. The number of nitrogens with zero attached hydrogens (tertiary/aromatic N) is 3. The maximum atomic E-state index is 13.2. The van der Waals surface area contributed by atoms with Gasteiger partial charge in [-0.05, 0) is 43.0 Å². The van der Waals surface area contributed by atoms with Crippen LogP contribution in [0.5, 0.6) is 0 Å². The summed E-state index contributed by atoms with van der Waals surface area (Å²) in [7, 11) is -2.34. The van der Waals surface area contributed by atoms with Crippen molar-refractivity contribution in [2.24, 2.45) is 0 Å². The van der Waals surface area contributed by atoms with Gasteiger partial charge in [-0.3, -0.25) is 9.48 Å². The molecule has 3 heterocycles. The largest absolute Gasteiger partial charge is 0.468 e. The topological polar surface area (TPSA) is 97.4 Å². The Bertz CT molecular complexity index is 1350. The summed E-state index contributed by atoms with van der Waals surface area (Å²) in [6.07, 6.45) is 1.50. The van der Waals surface area contributed by atoms with Crippen LogP contribution in [-0.2, 0) is 27.9 Å². The van der Waals surface area contributed by atoms with Crippen molar-refractivity contribution < 1.29 is 17.6 Å². The molecule has 4 rings (SSSR count). The third-order valence-corrected chi connectivity index (χ3v) is 8.49. The van der Waals surface area contributed by atoms with Gasteiger partial charge in [-0.25, -0.2) is 8.42 Å². The number of aromatic nitrogens is 2. The highest BCUT2D eigenvalue weighted by Gasteiger charge is 2.30. The second-order valence-electron chi connectivity index (χ2n) is 7.92. The SMILES string of the molecule is Cc1nn(CC(=O)N[C@@H](c2ccccc2)c2cccs2)c(C)c1S(=O)(=O)N(C)Cc1ccco1. The number of rotatable bonds is 9. The molecule has 1 amide bonds. The second kappa shape index (κ2) is 9.96. The number of benzene rings is 1. The van der Waals surface area contributed by atoms with Gasteiger partial charge in [0, 0.05) is 11.9 Å². The molecule has 1 aromatic carbocycles. The van der Waals surface area contributed by atoms with E-state index in [0.29, 0.717) is 17.1 Å². The molecular weight excluding hydrogens is 472 g/mol. The minimum Gasteiger partial charge on any atom is -0.468 e. The Morgan fingerprint density at radius 3 is 2.56 bits per heavy atom. The average Bonchev–Trinajstić information content (AvgIpc) is 3.56. The lowest BCUT2D eigenvalue weighted by Crippen LogP contribution is -2.32. The lowest BCUT2D eigenvalue weighted by atomic mass is 10.1. The van der Waals surface area contributed by atoms with E-state index in [-0.39, 0.29) is 29.9 Å². The summed E-state index contributed by atoms with van der Waals surface area (Å²) in [5.74, 6) is 0.273. The van der Waals surface area contributed by atoms with E-state index in [1.54, 1.807) is 37.3 Å². The van der Waals surface area contributed by atoms with Crippen molar-refractivity contribution in [3.05, 3.63) is 93.8 Å². The molecule has 1 N–H and O–H groups in total. The van der Waals surface area contributed by atoms with Crippen molar-refractivity contribution in [1.82, 2.24) is 19.4 Å². The zero-order chi connectivity index (χ0) is 24.3. The molecule has 3 aromatic heterocycles. The number of furan rings is 1. The van der Waals surface area contributed by atoms with Gasteiger partial charge in [-0.1, -0.05) is 36.4 Å². The monoisotopic (exact) mass is 498 g/mol. The number of hydrogen-bond donors (Lipinski definition) is 1. The molecule has 0 aliphatic rings. The van der Waals surface area contributed by atoms with E-state index in [1.807, 2.05) is 47.8 Å². The lowest BCUT2D eigenvalue weighted by Gasteiger charge is -2.18. The Morgan fingerprint density at radius 2 is 1.91 bits per heavy atom. The first-order valence-corrected chi connectivity index (χ1v) is 13.0. The average molecular weight is 499 g/mol. The van der Waals surface area contributed by atoms with E-state index in [4.69, 9.17) is 4.42 Å². The number of nitrogens with one attached hydrogen (secondary N) is 1. The summed E-state index contributed by atoms with van der Waals surface area (Å²) in [6, 6.07) is 16.8. The number of thiophene rings is 1. The Balaban J connectivity index is 1.54. The highest BCUT2D eigenvalue weighted by atomic mass is 32.2. The van der Waals surface area contributed by atoms with Crippen LogP contribution in [-0.4, -0.2) is 35.5 Å². The van der Waals surface area contributed by atoms with Crippen molar-refractivity contribution in [3.8, 4) is 0 Å². The summed E-state index contributed by atoms with van der Waals surface area (Å²) in [6.45, 7) is 3.29. The van der Waals surface area contributed by atoms with Gasteiger partial charge in [-0.15, -0.1) is 11.3 Å². The van der Waals surface area contributed by atoms with E-state index < -0.39 is 10.0 Å². The van der Waals surface area contributed by atoms with Gasteiger partial charge in [0.25, 0.3) is 0 Å². The Morgan fingerprint density at radius 1 is 1.15 bits per heavy atom. The quantitative estimate of drug-likeness (QED) is 0.378. The number of aryl methyl sites for hydroxylation is 1.